The molecule has 0 saturated heterocycles. The molecule has 0 aromatic carbocycles. The molecule has 1 unspecified atom stereocenters. The van der Waals surface area contributed by atoms with Crippen LogP contribution >= 0.6 is 0 Å². The molecule has 5 heteroatoms. The van der Waals surface area contributed by atoms with Crippen LogP contribution in [0.1, 0.15) is 98.3 Å². The van der Waals surface area contributed by atoms with Gasteiger partial charge in [-0.2, -0.15) is 11.1 Å². The summed E-state index contributed by atoms with van der Waals surface area (Å²) in [6, 6.07) is 0.249. The van der Waals surface area contributed by atoms with Crippen LogP contribution in [0.15, 0.2) is 16.7 Å². The second kappa shape index (κ2) is 24.4. The van der Waals surface area contributed by atoms with E-state index >= 15 is 0 Å². The molecule has 0 aliphatic heterocycles. The van der Waals surface area contributed by atoms with Crippen molar-refractivity contribution in [3.8, 4) is 0 Å². The molecule has 163 valence electrons. The van der Waals surface area contributed by atoms with Gasteiger partial charge in [0.15, 0.2) is 0 Å². The van der Waals surface area contributed by atoms with Crippen molar-refractivity contribution in [2.24, 2.45) is 5.92 Å². The van der Waals surface area contributed by atoms with Crippen molar-refractivity contribution in [3.05, 3.63) is 28.5 Å². The molecule has 1 N–H and O–H groups in total. The maximum absolute atomic E-state index is 7.80. The Morgan fingerprint density at radius 1 is 0.786 bits per heavy atom. The zero-order chi connectivity index (χ0) is 19.1. The minimum atomic E-state index is 0. The number of halogens is 2. The predicted octanol–water partition coefficient (Wildman–Crippen LogP) is 1.96. The van der Waals surface area contributed by atoms with Crippen LogP contribution in [0.3, 0.4) is 0 Å². The third kappa shape index (κ3) is 19.1. The number of rotatable bonds is 0. The summed E-state index contributed by atoms with van der Waals surface area (Å²) < 4.78 is 0. The van der Waals surface area contributed by atoms with Crippen LogP contribution in [-0.2, 0) is 25.8 Å². The van der Waals surface area contributed by atoms with Gasteiger partial charge in [0, 0.05) is 9.52 Å². The van der Waals surface area contributed by atoms with E-state index < -0.39 is 0 Å². The first-order chi connectivity index (χ1) is 11.9. The van der Waals surface area contributed by atoms with Crippen LogP contribution in [0.5, 0.6) is 0 Å². The van der Waals surface area contributed by atoms with Gasteiger partial charge in [-0.1, -0.05) is 110 Å². The third-order valence-electron chi connectivity index (χ3n) is 5.34. The molecule has 2 rings (SSSR count). The van der Waals surface area contributed by atoms with Crippen LogP contribution in [0.4, 0.5) is 0 Å². The minimum Gasteiger partial charge on any atom is -1.00 e. The van der Waals surface area contributed by atoms with Crippen molar-refractivity contribution in [3.63, 3.8) is 0 Å². The molecule has 1 nitrogen and oxygen atoms in total. The Hall–Kier alpha value is 1.11. The summed E-state index contributed by atoms with van der Waals surface area (Å²) in [6.45, 7) is 13.1. The fraction of sp³-hybridized carbons (Fsp3) is 0.826. The number of nitrogens with one attached hydrogen (secondary N) is 1. The molecule has 0 aromatic heterocycles. The van der Waals surface area contributed by atoms with E-state index in [0.717, 1.165) is 22.4 Å². The first-order valence-electron chi connectivity index (χ1n) is 10.7. The Bertz CT molecular complexity index is 388. The average Bonchev–Trinajstić information content (AvgIpc) is 2.78. The van der Waals surface area contributed by atoms with Crippen LogP contribution in [-0.4, -0.2) is 15.6 Å². The predicted molar refractivity (Wildman–Crippen MR) is 118 cm³/mol. The quantitative estimate of drug-likeness (QED) is 0.296. The molecule has 0 amide bonds. The van der Waals surface area contributed by atoms with Crippen molar-refractivity contribution in [2.75, 3.05) is 0 Å². The molecule has 1 saturated carbocycles. The van der Waals surface area contributed by atoms with Gasteiger partial charge in [0.1, 0.15) is 0 Å². The van der Waals surface area contributed by atoms with Crippen LogP contribution in [0.25, 0.3) is 5.73 Å². The summed E-state index contributed by atoms with van der Waals surface area (Å²) in [5, 5.41) is 0. The molecule has 1 atom stereocenters. The van der Waals surface area contributed by atoms with Crippen LogP contribution < -0.4 is 24.8 Å². The summed E-state index contributed by atoms with van der Waals surface area (Å²) >= 11 is 0. The Morgan fingerprint density at radius 2 is 1.11 bits per heavy atom. The molecule has 2 aliphatic carbocycles. The minimum absolute atomic E-state index is 0. The van der Waals surface area contributed by atoms with Gasteiger partial charge in [-0.15, -0.1) is 13.0 Å². The smallest absolute Gasteiger partial charge is 1.00 e. The van der Waals surface area contributed by atoms with E-state index in [9.17, 15) is 0 Å². The van der Waals surface area contributed by atoms with Crippen molar-refractivity contribution >= 4 is 9.52 Å². The topological polar surface area (TPSA) is 23.8 Å². The Kier molecular flexibility index (Phi) is 31.8. The summed E-state index contributed by atoms with van der Waals surface area (Å²) in [7, 11) is 0.750. The Morgan fingerprint density at radius 3 is 1.32 bits per heavy atom. The van der Waals surface area contributed by atoms with Gasteiger partial charge in [-0.05, 0) is 0 Å². The van der Waals surface area contributed by atoms with Gasteiger partial charge in [-0.25, -0.2) is 5.57 Å². The SMILES string of the molecule is CC1=[C-]C(C)C(C)=C1C.C[SiH]C.[Cl-].[Cl-].[Hf+4].[NH-]C1CCCCCCCCCCC1. The second-order valence-corrected chi connectivity index (χ2v) is 8.99. The Balaban J connectivity index is -0.000000170. The van der Waals surface area contributed by atoms with E-state index in [1.165, 1.54) is 74.5 Å². The van der Waals surface area contributed by atoms with E-state index in [1.807, 2.05) is 0 Å². The van der Waals surface area contributed by atoms with Gasteiger partial charge < -0.3 is 30.5 Å². The maximum Gasteiger partial charge on any atom is 4.00 e. The largest absolute Gasteiger partial charge is 4.00 e. The number of hydrogen-bond acceptors (Lipinski definition) is 0. The van der Waals surface area contributed by atoms with E-state index in [2.05, 4.69) is 46.9 Å². The van der Waals surface area contributed by atoms with Crippen molar-refractivity contribution in [1.29, 1.82) is 0 Å². The fourth-order valence-corrected chi connectivity index (χ4v) is 3.33. The molecular weight excluding hydrogens is 568 g/mol. The van der Waals surface area contributed by atoms with Gasteiger partial charge in [-0.3, -0.25) is 6.08 Å². The molecular formula is C23H44Cl2HfNSi. The summed E-state index contributed by atoms with van der Waals surface area (Å²) in [4.78, 5) is 0. The number of allylic oxidation sites excluding steroid dienone is 4. The molecule has 0 aromatic rings. The first kappa shape index (κ1) is 36.5. The molecule has 1 radical (unpaired) electrons. The fourth-order valence-electron chi connectivity index (χ4n) is 3.33. The zero-order valence-corrected chi connectivity index (χ0v) is 25.5. The van der Waals surface area contributed by atoms with Crippen LogP contribution in [0, 0.1) is 12.0 Å². The van der Waals surface area contributed by atoms with Crippen LogP contribution in [0.2, 0.25) is 13.1 Å². The average molecular weight is 612 g/mol. The van der Waals surface area contributed by atoms with E-state index in [1.54, 1.807) is 0 Å². The zero-order valence-electron chi connectivity index (χ0n) is 19.3. The van der Waals surface area contributed by atoms with Crippen molar-refractivity contribution < 1.29 is 50.7 Å². The molecule has 28 heavy (non-hydrogen) atoms. The van der Waals surface area contributed by atoms with E-state index in [4.69, 9.17) is 5.73 Å². The van der Waals surface area contributed by atoms with Crippen molar-refractivity contribution in [1.82, 2.24) is 0 Å². The first-order valence-corrected chi connectivity index (χ1v) is 13.0. The summed E-state index contributed by atoms with van der Waals surface area (Å²) in [5.74, 6) is 0.560. The Labute approximate surface area is 211 Å². The second-order valence-electron chi connectivity index (χ2n) is 7.83. The van der Waals surface area contributed by atoms with Gasteiger partial charge in [0.25, 0.3) is 0 Å². The standard InChI is InChI=1S/C12H24N.C9H13.C2H7Si.2ClH.Hf/c13-12-10-8-6-4-2-1-3-5-7-9-11-12;1-6-5-7(2)9(4)8(6)3;1-3-2;;;/h12-13H,1-11H2;6H,1-4H3;3H,1-2H3;2*1H;/q2*-1;;;;+4/p-2. The monoisotopic (exact) mass is 612 g/mol. The normalized spacial score (nSPS) is 20.8. The van der Waals surface area contributed by atoms with Gasteiger partial charge in [0.05, 0.1) is 0 Å². The molecule has 0 bridgehead atoms. The third-order valence-corrected chi connectivity index (χ3v) is 5.34. The van der Waals surface area contributed by atoms with E-state index in [0.29, 0.717) is 5.92 Å². The van der Waals surface area contributed by atoms with E-state index in [-0.39, 0.29) is 56.7 Å². The molecule has 1 fully saturated rings. The molecule has 2 aliphatic rings. The van der Waals surface area contributed by atoms with Gasteiger partial charge in [0.2, 0.25) is 0 Å². The maximum atomic E-state index is 7.80. The molecule has 0 heterocycles. The summed E-state index contributed by atoms with van der Waals surface area (Å²) in [6.07, 6.45) is 18.1. The van der Waals surface area contributed by atoms with Crippen molar-refractivity contribution in [2.45, 2.75) is 117 Å². The number of hydrogen-bond donors (Lipinski definition) is 0. The van der Waals surface area contributed by atoms with Gasteiger partial charge >= 0.3 is 25.8 Å². The summed E-state index contributed by atoms with van der Waals surface area (Å²) in [5.41, 5.74) is 12.0. The molecule has 0 spiro atoms.